The summed E-state index contributed by atoms with van der Waals surface area (Å²) in [4.78, 5) is 21.1. The number of ether oxygens (including phenoxy) is 1. The van der Waals surface area contributed by atoms with Gasteiger partial charge in [-0.05, 0) is 6.07 Å². The highest BCUT2D eigenvalue weighted by molar-refractivity contribution is 5.90. The Labute approximate surface area is 134 Å². The lowest BCUT2D eigenvalue weighted by Gasteiger charge is -2.40. The summed E-state index contributed by atoms with van der Waals surface area (Å²) in [6.07, 6.45) is -7.30. The van der Waals surface area contributed by atoms with Gasteiger partial charge in [-0.3, -0.25) is 10.1 Å². The number of non-ortho nitro benzene ring substituents is 1. The predicted molar refractivity (Wildman–Crippen MR) is 77.4 cm³/mol. The highest BCUT2D eigenvalue weighted by Crippen LogP contribution is 2.26. The summed E-state index contributed by atoms with van der Waals surface area (Å²) < 4.78 is 5.20. The summed E-state index contributed by atoms with van der Waals surface area (Å²) in [5, 5.41) is 60.8. The van der Waals surface area contributed by atoms with Gasteiger partial charge in [0.2, 0.25) is 0 Å². The second kappa shape index (κ2) is 7.07. The van der Waals surface area contributed by atoms with Crippen LogP contribution in [0.3, 0.4) is 0 Å². The monoisotopic (exact) mass is 344 g/mol. The van der Waals surface area contributed by atoms with Gasteiger partial charge >= 0.3 is 5.97 Å². The average molecular weight is 344 g/mol. The fraction of sp³-hybridized carbons (Fsp3) is 0.462. The number of nitrogens with one attached hydrogen (secondary N) is 1. The zero-order valence-electron chi connectivity index (χ0n) is 12.1. The van der Waals surface area contributed by atoms with Gasteiger partial charge in [-0.1, -0.05) is 0 Å². The molecule has 0 aliphatic carbocycles. The number of aromatic carboxylic acids is 1. The van der Waals surface area contributed by atoms with E-state index < -0.39 is 53.8 Å². The molecule has 0 saturated carbocycles. The Morgan fingerprint density at radius 1 is 1.21 bits per heavy atom. The normalized spacial score (nSPS) is 29.9. The minimum absolute atomic E-state index is 0.0501. The number of carboxylic acids is 1. The molecule has 1 aromatic rings. The van der Waals surface area contributed by atoms with E-state index in [1.807, 2.05) is 0 Å². The van der Waals surface area contributed by atoms with Crippen molar-refractivity contribution in [3.63, 3.8) is 0 Å². The van der Waals surface area contributed by atoms with Gasteiger partial charge in [0, 0.05) is 17.8 Å². The van der Waals surface area contributed by atoms with E-state index in [1.165, 1.54) is 0 Å². The number of benzene rings is 1. The molecule has 1 aliphatic heterocycles. The fourth-order valence-electron chi connectivity index (χ4n) is 2.31. The first-order valence-electron chi connectivity index (χ1n) is 6.84. The third-order valence-corrected chi connectivity index (χ3v) is 3.58. The molecule has 0 amide bonds. The third-order valence-electron chi connectivity index (χ3n) is 3.58. The molecule has 5 atom stereocenters. The number of carbonyl (C=O) groups is 1. The molecule has 0 spiro atoms. The van der Waals surface area contributed by atoms with Crippen molar-refractivity contribution in [2.45, 2.75) is 30.6 Å². The van der Waals surface area contributed by atoms with Crippen LogP contribution in [0, 0.1) is 10.1 Å². The lowest BCUT2D eigenvalue weighted by molar-refractivity contribution is -0.384. The van der Waals surface area contributed by atoms with Crippen molar-refractivity contribution in [2.75, 3.05) is 11.9 Å². The molecule has 11 heteroatoms. The molecule has 2 rings (SSSR count). The predicted octanol–water partition coefficient (Wildman–Crippen LogP) is -1.50. The van der Waals surface area contributed by atoms with E-state index in [0.29, 0.717) is 0 Å². The number of aliphatic hydroxyl groups is 4. The number of carboxylic acid groups (broad SMARTS) is 1. The lowest BCUT2D eigenvalue weighted by atomic mass is 9.98. The van der Waals surface area contributed by atoms with Gasteiger partial charge in [0.15, 0.2) is 6.23 Å². The van der Waals surface area contributed by atoms with Crippen LogP contribution in [0.2, 0.25) is 0 Å². The van der Waals surface area contributed by atoms with E-state index in [2.05, 4.69) is 5.32 Å². The van der Waals surface area contributed by atoms with Crippen LogP contribution in [0.4, 0.5) is 11.4 Å². The number of rotatable bonds is 5. The van der Waals surface area contributed by atoms with Gasteiger partial charge < -0.3 is 35.6 Å². The second-order valence-electron chi connectivity index (χ2n) is 5.22. The number of anilines is 1. The lowest BCUT2D eigenvalue weighted by Crippen LogP contribution is -2.60. The van der Waals surface area contributed by atoms with Crippen molar-refractivity contribution in [2.24, 2.45) is 0 Å². The van der Waals surface area contributed by atoms with E-state index in [0.717, 1.165) is 18.2 Å². The van der Waals surface area contributed by atoms with Gasteiger partial charge in [0.05, 0.1) is 17.1 Å². The minimum atomic E-state index is -1.63. The third kappa shape index (κ3) is 3.60. The molecule has 0 unspecified atom stereocenters. The molecule has 0 bridgehead atoms. The van der Waals surface area contributed by atoms with Crippen molar-refractivity contribution < 1.29 is 40.0 Å². The Balaban J connectivity index is 2.29. The summed E-state index contributed by atoms with van der Waals surface area (Å²) in [6, 6.07) is 2.96. The van der Waals surface area contributed by atoms with Crippen LogP contribution < -0.4 is 5.32 Å². The van der Waals surface area contributed by atoms with Crippen molar-refractivity contribution in [1.82, 2.24) is 0 Å². The van der Waals surface area contributed by atoms with Gasteiger partial charge in [-0.15, -0.1) is 0 Å². The summed E-state index contributed by atoms with van der Waals surface area (Å²) >= 11 is 0. The fourth-order valence-corrected chi connectivity index (χ4v) is 2.31. The number of aliphatic hydroxyl groups excluding tert-OH is 4. The van der Waals surface area contributed by atoms with E-state index in [9.17, 15) is 30.2 Å². The molecular weight excluding hydrogens is 328 g/mol. The van der Waals surface area contributed by atoms with Crippen molar-refractivity contribution in [3.05, 3.63) is 33.9 Å². The highest BCUT2D eigenvalue weighted by Gasteiger charge is 2.43. The Hall–Kier alpha value is -2.31. The van der Waals surface area contributed by atoms with Gasteiger partial charge in [0.25, 0.3) is 5.69 Å². The smallest absolute Gasteiger partial charge is 0.336 e. The number of nitro benzene ring substituents is 1. The summed E-state index contributed by atoms with van der Waals surface area (Å²) in [7, 11) is 0. The minimum Gasteiger partial charge on any atom is -0.478 e. The molecule has 1 heterocycles. The van der Waals surface area contributed by atoms with Crippen LogP contribution in [0.5, 0.6) is 0 Å². The maximum Gasteiger partial charge on any atom is 0.336 e. The molecule has 132 valence electrons. The van der Waals surface area contributed by atoms with Gasteiger partial charge in [-0.25, -0.2) is 4.79 Å². The van der Waals surface area contributed by atoms with Gasteiger partial charge in [0.1, 0.15) is 24.4 Å². The molecule has 6 N–H and O–H groups in total. The van der Waals surface area contributed by atoms with E-state index >= 15 is 0 Å². The molecule has 0 aromatic heterocycles. The summed E-state index contributed by atoms with van der Waals surface area (Å²) in [5.74, 6) is -1.39. The van der Waals surface area contributed by atoms with Crippen molar-refractivity contribution >= 4 is 17.3 Å². The molecule has 1 aromatic carbocycles. The van der Waals surface area contributed by atoms with Crippen LogP contribution in [-0.2, 0) is 4.74 Å². The molecule has 1 aliphatic rings. The SMILES string of the molecule is O=C(O)c1cc(N[C@@H]2O[C@H](CO)[C@H](O)[C@H](O)[C@H]2O)cc([N+](=O)[O-])c1. The van der Waals surface area contributed by atoms with Gasteiger partial charge in [-0.2, -0.15) is 0 Å². The first-order chi connectivity index (χ1) is 11.2. The van der Waals surface area contributed by atoms with Crippen molar-refractivity contribution in [3.8, 4) is 0 Å². The zero-order valence-corrected chi connectivity index (χ0v) is 12.1. The zero-order chi connectivity index (χ0) is 18.0. The first kappa shape index (κ1) is 18.0. The standard InChI is InChI=1S/C13H16N2O9/c16-4-8-9(17)10(18)11(19)12(24-8)14-6-1-5(13(20)21)2-7(3-6)15(22)23/h1-3,8-12,14,16-19H,4H2,(H,20,21)/t8-,9+,10+,11-,12-/m1/s1. The topological polar surface area (TPSA) is 183 Å². The summed E-state index contributed by atoms with van der Waals surface area (Å²) in [5.41, 5.74) is -0.913. The number of hydrogen-bond acceptors (Lipinski definition) is 9. The van der Waals surface area contributed by atoms with Crippen LogP contribution in [0.25, 0.3) is 0 Å². The van der Waals surface area contributed by atoms with Crippen LogP contribution in [0.15, 0.2) is 18.2 Å². The van der Waals surface area contributed by atoms with Crippen LogP contribution in [0.1, 0.15) is 10.4 Å². The van der Waals surface area contributed by atoms with Crippen LogP contribution >= 0.6 is 0 Å². The van der Waals surface area contributed by atoms with E-state index in [1.54, 1.807) is 0 Å². The number of hydrogen-bond donors (Lipinski definition) is 6. The molecule has 1 fully saturated rings. The largest absolute Gasteiger partial charge is 0.478 e. The maximum atomic E-state index is 11.0. The van der Waals surface area contributed by atoms with Crippen molar-refractivity contribution in [1.29, 1.82) is 0 Å². The van der Waals surface area contributed by atoms with E-state index in [4.69, 9.17) is 14.9 Å². The Bertz CT molecular complexity index is 604. The van der Waals surface area contributed by atoms with E-state index in [-0.39, 0.29) is 11.3 Å². The molecule has 24 heavy (non-hydrogen) atoms. The highest BCUT2D eigenvalue weighted by atomic mass is 16.6. The Morgan fingerprint density at radius 3 is 2.42 bits per heavy atom. The quantitative estimate of drug-likeness (QED) is 0.271. The molecule has 11 nitrogen and oxygen atoms in total. The second-order valence-corrected chi connectivity index (χ2v) is 5.22. The number of nitro groups is 1. The molecular formula is C13H16N2O9. The molecule has 1 saturated heterocycles. The summed E-state index contributed by atoms with van der Waals surface area (Å²) in [6.45, 7) is -0.640. The maximum absolute atomic E-state index is 11.0. The Kier molecular flexibility index (Phi) is 5.31. The first-order valence-corrected chi connectivity index (χ1v) is 6.84. The Morgan fingerprint density at radius 2 is 1.88 bits per heavy atom. The number of nitrogens with zero attached hydrogens (tertiary/aromatic N) is 1. The molecule has 0 radical (unpaired) electrons. The average Bonchev–Trinajstić information content (AvgIpc) is 2.55. The van der Waals surface area contributed by atoms with Crippen LogP contribution in [-0.4, -0.2) is 73.7 Å².